The molecule has 1 aromatic carbocycles. The quantitative estimate of drug-likeness (QED) is 0.777. The van der Waals surface area contributed by atoms with Gasteiger partial charge in [-0.15, -0.1) is 0 Å². The fraction of sp³-hybridized carbons (Fsp3) is 0.286. The van der Waals surface area contributed by atoms with Gasteiger partial charge in [0.1, 0.15) is 0 Å². The van der Waals surface area contributed by atoms with Crippen molar-refractivity contribution in [2.24, 2.45) is 0 Å². The minimum absolute atomic E-state index is 0.151. The van der Waals surface area contributed by atoms with E-state index in [2.05, 4.69) is 15.7 Å². The first kappa shape index (κ1) is 14.1. The number of urea groups is 1. The Balaban J connectivity index is 1.80. The molecule has 1 heterocycles. The zero-order chi connectivity index (χ0) is 14.4. The van der Waals surface area contributed by atoms with Gasteiger partial charge in [-0.25, -0.2) is 4.79 Å². The summed E-state index contributed by atoms with van der Waals surface area (Å²) in [6, 6.07) is 8.83. The summed E-state index contributed by atoms with van der Waals surface area (Å²) in [6.45, 7) is 2.86. The van der Waals surface area contributed by atoms with Crippen molar-refractivity contribution < 1.29 is 9.90 Å². The summed E-state index contributed by atoms with van der Waals surface area (Å²) in [5.41, 5.74) is 1.39. The maximum absolute atomic E-state index is 11.7. The fourth-order valence-corrected chi connectivity index (χ4v) is 1.76. The minimum Gasteiger partial charge on any atom is -0.387 e. The molecule has 2 amide bonds. The maximum atomic E-state index is 11.7. The number of nitrogens with one attached hydrogen (secondary N) is 2. The first-order chi connectivity index (χ1) is 9.69. The van der Waals surface area contributed by atoms with E-state index in [4.69, 9.17) is 0 Å². The largest absolute Gasteiger partial charge is 0.387 e. The maximum Gasteiger partial charge on any atom is 0.319 e. The normalized spacial score (nSPS) is 11.9. The molecule has 0 aliphatic heterocycles. The zero-order valence-electron chi connectivity index (χ0n) is 11.3. The topological polar surface area (TPSA) is 79.2 Å². The van der Waals surface area contributed by atoms with Crippen molar-refractivity contribution >= 4 is 11.7 Å². The molecular formula is C14H18N4O2. The van der Waals surface area contributed by atoms with Crippen LogP contribution in [0.2, 0.25) is 0 Å². The average molecular weight is 274 g/mol. The molecule has 1 aromatic heterocycles. The number of hydrogen-bond acceptors (Lipinski definition) is 3. The van der Waals surface area contributed by atoms with Crippen molar-refractivity contribution in [3.8, 4) is 0 Å². The lowest BCUT2D eigenvalue weighted by molar-refractivity contribution is 0.175. The standard InChI is InChI=1S/C14H18N4O2/c1-2-18-10-12(8-16-18)17-14(20)15-9-13(19)11-6-4-3-5-7-11/h3-8,10,13,19H,2,9H2,1H3,(H2,15,17,20)/t13-/m0/s1. The molecule has 0 saturated heterocycles. The van der Waals surface area contributed by atoms with Crippen LogP contribution in [0, 0.1) is 0 Å². The van der Waals surface area contributed by atoms with Gasteiger partial charge in [-0.1, -0.05) is 30.3 Å². The van der Waals surface area contributed by atoms with Crippen molar-refractivity contribution in [2.75, 3.05) is 11.9 Å². The molecule has 0 aliphatic rings. The molecule has 1 atom stereocenters. The molecule has 106 valence electrons. The molecule has 2 rings (SSSR count). The summed E-state index contributed by atoms with van der Waals surface area (Å²) < 4.78 is 1.72. The molecule has 6 nitrogen and oxygen atoms in total. The summed E-state index contributed by atoms with van der Waals surface area (Å²) >= 11 is 0. The van der Waals surface area contributed by atoms with Crippen molar-refractivity contribution in [3.63, 3.8) is 0 Å². The van der Waals surface area contributed by atoms with Gasteiger partial charge < -0.3 is 15.7 Å². The molecular weight excluding hydrogens is 256 g/mol. The number of rotatable bonds is 5. The fourth-order valence-electron chi connectivity index (χ4n) is 1.76. The van der Waals surface area contributed by atoms with Crippen LogP contribution in [0.15, 0.2) is 42.7 Å². The van der Waals surface area contributed by atoms with Gasteiger partial charge >= 0.3 is 6.03 Å². The van der Waals surface area contributed by atoms with Crippen LogP contribution in [-0.2, 0) is 6.54 Å². The lowest BCUT2D eigenvalue weighted by Crippen LogP contribution is -2.32. The van der Waals surface area contributed by atoms with Crippen LogP contribution in [0.4, 0.5) is 10.5 Å². The summed E-state index contributed by atoms with van der Waals surface area (Å²) in [4.78, 5) is 11.7. The summed E-state index contributed by atoms with van der Waals surface area (Å²) in [5.74, 6) is 0. The van der Waals surface area contributed by atoms with Gasteiger partial charge in [0, 0.05) is 19.3 Å². The first-order valence-corrected chi connectivity index (χ1v) is 6.49. The Morgan fingerprint density at radius 3 is 2.80 bits per heavy atom. The number of aromatic nitrogens is 2. The van der Waals surface area contributed by atoms with Crippen molar-refractivity contribution in [1.29, 1.82) is 0 Å². The van der Waals surface area contributed by atoms with Gasteiger partial charge in [0.15, 0.2) is 0 Å². The monoisotopic (exact) mass is 274 g/mol. The number of aliphatic hydroxyl groups is 1. The zero-order valence-corrected chi connectivity index (χ0v) is 11.3. The lowest BCUT2D eigenvalue weighted by Gasteiger charge is -2.12. The van der Waals surface area contributed by atoms with Crippen LogP contribution < -0.4 is 10.6 Å². The van der Waals surface area contributed by atoms with Crippen molar-refractivity contribution in [3.05, 3.63) is 48.3 Å². The third kappa shape index (κ3) is 3.83. The predicted molar refractivity (Wildman–Crippen MR) is 76.3 cm³/mol. The highest BCUT2D eigenvalue weighted by Gasteiger charge is 2.09. The highest BCUT2D eigenvalue weighted by atomic mass is 16.3. The van der Waals surface area contributed by atoms with Crippen LogP contribution in [0.3, 0.4) is 0 Å². The molecule has 0 radical (unpaired) electrons. The number of aliphatic hydroxyl groups excluding tert-OH is 1. The number of hydrogen-bond donors (Lipinski definition) is 3. The van der Waals surface area contributed by atoms with Gasteiger partial charge in [0.25, 0.3) is 0 Å². The van der Waals surface area contributed by atoms with E-state index >= 15 is 0 Å². The van der Waals surface area contributed by atoms with Gasteiger partial charge in [0.05, 0.1) is 18.0 Å². The summed E-state index contributed by atoms with van der Waals surface area (Å²) in [5, 5.41) is 19.3. The van der Waals surface area contributed by atoms with Gasteiger partial charge in [0.2, 0.25) is 0 Å². The number of amides is 2. The molecule has 0 spiro atoms. The van der Waals surface area contributed by atoms with E-state index in [1.807, 2.05) is 37.3 Å². The van der Waals surface area contributed by atoms with E-state index in [9.17, 15) is 9.90 Å². The third-order valence-electron chi connectivity index (χ3n) is 2.86. The molecule has 0 unspecified atom stereocenters. The van der Waals surface area contributed by atoms with Gasteiger partial charge in [-0.05, 0) is 12.5 Å². The Kier molecular flexibility index (Phi) is 4.73. The Bertz CT molecular complexity index is 553. The Hall–Kier alpha value is -2.34. The number of carbonyl (C=O) groups is 1. The van der Waals surface area contributed by atoms with Crippen LogP contribution in [0.5, 0.6) is 0 Å². The van der Waals surface area contributed by atoms with Crippen LogP contribution in [-0.4, -0.2) is 27.5 Å². The van der Waals surface area contributed by atoms with Crippen LogP contribution in [0.25, 0.3) is 0 Å². The molecule has 20 heavy (non-hydrogen) atoms. The second-order valence-corrected chi connectivity index (χ2v) is 4.35. The second-order valence-electron chi connectivity index (χ2n) is 4.35. The van der Waals surface area contributed by atoms with Crippen molar-refractivity contribution in [1.82, 2.24) is 15.1 Å². The molecule has 0 bridgehead atoms. The number of nitrogens with zero attached hydrogens (tertiary/aromatic N) is 2. The molecule has 0 fully saturated rings. The predicted octanol–water partition coefficient (Wildman–Crippen LogP) is 1.76. The van der Waals surface area contributed by atoms with Crippen molar-refractivity contribution in [2.45, 2.75) is 19.6 Å². The molecule has 3 N–H and O–H groups in total. The minimum atomic E-state index is -0.722. The smallest absolute Gasteiger partial charge is 0.319 e. The van der Waals surface area contributed by atoms with E-state index in [0.717, 1.165) is 12.1 Å². The molecule has 0 saturated carbocycles. The number of aryl methyl sites for hydroxylation is 1. The molecule has 0 aliphatic carbocycles. The lowest BCUT2D eigenvalue weighted by atomic mass is 10.1. The van der Waals surface area contributed by atoms with Gasteiger partial charge in [-0.3, -0.25) is 4.68 Å². The van der Waals surface area contributed by atoms with Gasteiger partial charge in [-0.2, -0.15) is 5.10 Å². The number of anilines is 1. The number of benzene rings is 1. The van der Waals surface area contributed by atoms with E-state index in [0.29, 0.717) is 5.69 Å². The highest BCUT2D eigenvalue weighted by Crippen LogP contribution is 2.10. The Morgan fingerprint density at radius 1 is 1.40 bits per heavy atom. The van der Waals surface area contributed by atoms with E-state index < -0.39 is 6.10 Å². The molecule has 2 aromatic rings. The summed E-state index contributed by atoms with van der Waals surface area (Å²) in [6.07, 6.45) is 2.60. The van der Waals surface area contributed by atoms with E-state index in [1.54, 1.807) is 17.1 Å². The van der Waals surface area contributed by atoms with E-state index in [-0.39, 0.29) is 12.6 Å². The van der Waals surface area contributed by atoms with E-state index in [1.165, 1.54) is 0 Å². The number of carbonyl (C=O) groups excluding carboxylic acids is 1. The summed E-state index contributed by atoms with van der Waals surface area (Å²) in [7, 11) is 0. The Labute approximate surface area is 117 Å². The molecule has 6 heteroatoms. The van der Waals surface area contributed by atoms with Crippen LogP contribution >= 0.6 is 0 Å². The Morgan fingerprint density at radius 2 is 2.15 bits per heavy atom. The SMILES string of the molecule is CCn1cc(NC(=O)NC[C@H](O)c2ccccc2)cn1. The second kappa shape index (κ2) is 6.72. The third-order valence-corrected chi connectivity index (χ3v) is 2.86. The van der Waals surface area contributed by atoms with Crippen LogP contribution in [0.1, 0.15) is 18.6 Å². The first-order valence-electron chi connectivity index (χ1n) is 6.49. The average Bonchev–Trinajstić information content (AvgIpc) is 2.93. The highest BCUT2D eigenvalue weighted by molar-refractivity contribution is 5.88.